The predicted molar refractivity (Wildman–Crippen MR) is 110 cm³/mol. The number of hydrogen-bond acceptors (Lipinski definition) is 5. The van der Waals surface area contributed by atoms with Crippen molar-refractivity contribution in [1.82, 2.24) is 16.0 Å². The van der Waals surface area contributed by atoms with Crippen LogP contribution in [0.5, 0.6) is 0 Å². The molecule has 0 heterocycles. The molecule has 0 bridgehead atoms. The molecule has 0 fully saturated rings. The molecule has 0 saturated heterocycles. The summed E-state index contributed by atoms with van der Waals surface area (Å²) in [6, 6.07) is -2.08. The minimum Gasteiger partial charge on any atom is -0.352 e. The number of Topliss-reactive ketones (excluding diaryl/α,β-unsaturated/α-hetero) is 2. The van der Waals surface area contributed by atoms with Crippen molar-refractivity contribution >= 4 is 29.4 Å². The van der Waals surface area contributed by atoms with Crippen molar-refractivity contribution in [2.75, 3.05) is 6.54 Å². The number of hydrogen-bond donors (Lipinski definition) is 4. The number of amides is 4. The first kappa shape index (κ1) is 26.6. The number of primary amides is 1. The highest BCUT2D eigenvalue weighted by molar-refractivity contribution is 5.92. The van der Waals surface area contributed by atoms with Gasteiger partial charge in [-0.2, -0.15) is 0 Å². The number of urea groups is 1. The smallest absolute Gasteiger partial charge is 0.312 e. The van der Waals surface area contributed by atoms with Crippen LogP contribution in [0.15, 0.2) is 0 Å². The molecule has 0 unspecified atom stereocenters. The van der Waals surface area contributed by atoms with Gasteiger partial charge in [0.15, 0.2) is 5.78 Å². The Labute approximate surface area is 172 Å². The standard InChI is InChI=1S/C20H36N4O5/c1-13(2)18(24-17(27)11-7-5-6-9-14(3)25)19(28)23-16(15(4)26)10-8-12-22-20(21)29/h13,16,18H,5-12H2,1-4H3,(H,23,28)(H,24,27)(H3,21,22,29)/t16-,18-/m0/s1. The van der Waals surface area contributed by atoms with E-state index >= 15 is 0 Å². The third-order valence-electron chi connectivity index (χ3n) is 4.47. The molecule has 0 rings (SSSR count). The van der Waals surface area contributed by atoms with Gasteiger partial charge in [0.25, 0.3) is 0 Å². The molecule has 0 spiro atoms. The van der Waals surface area contributed by atoms with Gasteiger partial charge in [0.1, 0.15) is 11.8 Å². The lowest BCUT2D eigenvalue weighted by Crippen LogP contribution is -2.53. The van der Waals surface area contributed by atoms with Gasteiger partial charge in [-0.05, 0) is 45.4 Å². The first-order valence-electron chi connectivity index (χ1n) is 10.2. The van der Waals surface area contributed by atoms with Crippen molar-refractivity contribution in [3.63, 3.8) is 0 Å². The Balaban J connectivity index is 4.56. The summed E-state index contributed by atoms with van der Waals surface area (Å²) >= 11 is 0. The number of rotatable bonds is 15. The molecule has 0 radical (unpaired) electrons. The van der Waals surface area contributed by atoms with E-state index in [9.17, 15) is 24.0 Å². The van der Waals surface area contributed by atoms with Gasteiger partial charge in [0.2, 0.25) is 11.8 Å². The Morgan fingerprint density at radius 1 is 0.862 bits per heavy atom. The minimum absolute atomic E-state index is 0.136. The van der Waals surface area contributed by atoms with E-state index in [1.165, 1.54) is 6.92 Å². The summed E-state index contributed by atoms with van der Waals surface area (Å²) in [7, 11) is 0. The fourth-order valence-corrected chi connectivity index (χ4v) is 2.77. The Bertz CT molecular complexity index is 577. The van der Waals surface area contributed by atoms with Crippen molar-refractivity contribution in [1.29, 1.82) is 0 Å². The zero-order valence-electron chi connectivity index (χ0n) is 18.0. The molecule has 0 aliphatic heterocycles. The summed E-state index contributed by atoms with van der Waals surface area (Å²) in [5.41, 5.74) is 4.99. The van der Waals surface area contributed by atoms with Crippen LogP contribution in [0.25, 0.3) is 0 Å². The van der Waals surface area contributed by atoms with Gasteiger partial charge in [0.05, 0.1) is 6.04 Å². The van der Waals surface area contributed by atoms with Gasteiger partial charge in [-0.15, -0.1) is 0 Å². The minimum atomic E-state index is -0.745. The molecule has 9 heteroatoms. The van der Waals surface area contributed by atoms with Gasteiger partial charge >= 0.3 is 6.03 Å². The van der Waals surface area contributed by atoms with Crippen LogP contribution in [0.1, 0.15) is 72.6 Å². The fraction of sp³-hybridized carbons (Fsp3) is 0.750. The normalized spacial score (nSPS) is 12.7. The third-order valence-corrected chi connectivity index (χ3v) is 4.47. The molecule has 0 aromatic heterocycles. The summed E-state index contributed by atoms with van der Waals surface area (Å²) in [6.45, 7) is 6.87. The van der Waals surface area contributed by atoms with Crippen molar-refractivity contribution in [2.45, 2.75) is 84.7 Å². The van der Waals surface area contributed by atoms with E-state index in [1.54, 1.807) is 6.92 Å². The molecule has 0 aromatic carbocycles. The molecule has 5 N–H and O–H groups in total. The van der Waals surface area contributed by atoms with Crippen LogP contribution in [0.4, 0.5) is 4.79 Å². The second kappa shape index (κ2) is 14.5. The Morgan fingerprint density at radius 2 is 1.48 bits per heavy atom. The average molecular weight is 413 g/mol. The largest absolute Gasteiger partial charge is 0.352 e. The van der Waals surface area contributed by atoms with E-state index in [2.05, 4.69) is 16.0 Å². The Morgan fingerprint density at radius 3 is 2.00 bits per heavy atom. The topological polar surface area (TPSA) is 147 Å². The maximum absolute atomic E-state index is 12.6. The highest BCUT2D eigenvalue weighted by atomic mass is 16.2. The molecule has 29 heavy (non-hydrogen) atoms. The number of unbranched alkanes of at least 4 members (excludes halogenated alkanes) is 2. The average Bonchev–Trinajstić information content (AvgIpc) is 2.60. The van der Waals surface area contributed by atoms with E-state index in [-0.39, 0.29) is 29.8 Å². The van der Waals surface area contributed by atoms with E-state index in [0.717, 1.165) is 12.8 Å². The summed E-state index contributed by atoms with van der Waals surface area (Å²) in [4.78, 5) is 58.2. The summed E-state index contributed by atoms with van der Waals surface area (Å²) < 4.78 is 0. The van der Waals surface area contributed by atoms with Crippen LogP contribution in [0, 0.1) is 5.92 Å². The van der Waals surface area contributed by atoms with Crippen molar-refractivity contribution < 1.29 is 24.0 Å². The van der Waals surface area contributed by atoms with Crippen LogP contribution in [-0.2, 0) is 19.2 Å². The Kier molecular flexibility index (Phi) is 13.3. The molecule has 0 aromatic rings. The fourth-order valence-electron chi connectivity index (χ4n) is 2.77. The zero-order chi connectivity index (χ0) is 22.4. The van der Waals surface area contributed by atoms with E-state index in [0.29, 0.717) is 32.2 Å². The molecule has 4 amide bonds. The van der Waals surface area contributed by atoms with Crippen LogP contribution in [-0.4, -0.2) is 48.0 Å². The quantitative estimate of drug-likeness (QED) is 0.298. The van der Waals surface area contributed by atoms with E-state index in [4.69, 9.17) is 5.73 Å². The monoisotopic (exact) mass is 412 g/mol. The third kappa shape index (κ3) is 13.4. The van der Waals surface area contributed by atoms with Crippen LogP contribution in [0.3, 0.4) is 0 Å². The molecule has 166 valence electrons. The molecular formula is C20H36N4O5. The van der Waals surface area contributed by atoms with Gasteiger partial charge in [-0.1, -0.05) is 20.3 Å². The first-order chi connectivity index (χ1) is 13.5. The van der Waals surface area contributed by atoms with Gasteiger partial charge < -0.3 is 26.5 Å². The van der Waals surface area contributed by atoms with Gasteiger partial charge in [0, 0.05) is 19.4 Å². The lowest BCUT2D eigenvalue weighted by Gasteiger charge is -2.24. The van der Waals surface area contributed by atoms with Gasteiger partial charge in [-0.3, -0.25) is 14.4 Å². The number of nitrogens with one attached hydrogen (secondary N) is 3. The highest BCUT2D eigenvalue weighted by Crippen LogP contribution is 2.08. The van der Waals surface area contributed by atoms with Crippen LogP contribution in [0.2, 0.25) is 0 Å². The van der Waals surface area contributed by atoms with Crippen molar-refractivity contribution in [2.24, 2.45) is 11.7 Å². The summed E-state index contributed by atoms with van der Waals surface area (Å²) in [6.07, 6.45) is 3.81. The molecule has 2 atom stereocenters. The lowest BCUT2D eigenvalue weighted by molar-refractivity contribution is -0.132. The summed E-state index contributed by atoms with van der Waals surface area (Å²) in [5.74, 6) is -0.853. The number of ketones is 2. The lowest BCUT2D eigenvalue weighted by atomic mass is 10.0. The SMILES string of the molecule is CC(=O)CCCCCC(=O)N[C@H](C(=O)N[C@@H](CCCNC(N)=O)C(C)=O)C(C)C. The number of carbonyl (C=O) groups is 5. The molecule has 0 aliphatic carbocycles. The molecule has 0 aliphatic rings. The molecule has 0 saturated carbocycles. The molecule has 9 nitrogen and oxygen atoms in total. The second-order valence-corrected chi connectivity index (χ2v) is 7.66. The molecular weight excluding hydrogens is 376 g/mol. The maximum atomic E-state index is 12.6. The van der Waals surface area contributed by atoms with Crippen molar-refractivity contribution in [3.05, 3.63) is 0 Å². The first-order valence-corrected chi connectivity index (χ1v) is 10.2. The maximum Gasteiger partial charge on any atom is 0.312 e. The zero-order valence-corrected chi connectivity index (χ0v) is 18.0. The summed E-state index contributed by atoms with van der Waals surface area (Å²) in [5, 5.41) is 7.87. The van der Waals surface area contributed by atoms with E-state index in [1.807, 2.05) is 13.8 Å². The van der Waals surface area contributed by atoms with E-state index < -0.39 is 24.0 Å². The highest BCUT2D eigenvalue weighted by Gasteiger charge is 2.27. The van der Waals surface area contributed by atoms with Crippen LogP contribution >= 0.6 is 0 Å². The number of nitrogens with two attached hydrogens (primary N) is 1. The van der Waals surface area contributed by atoms with Crippen molar-refractivity contribution in [3.8, 4) is 0 Å². The number of carbonyl (C=O) groups excluding carboxylic acids is 5. The second-order valence-electron chi connectivity index (χ2n) is 7.66. The predicted octanol–water partition coefficient (Wildman–Crippen LogP) is 1.19. The Hall–Kier alpha value is -2.45. The van der Waals surface area contributed by atoms with Crippen LogP contribution < -0.4 is 21.7 Å². The van der Waals surface area contributed by atoms with Gasteiger partial charge in [-0.25, -0.2) is 4.79 Å².